The van der Waals surface area contributed by atoms with E-state index in [0.717, 1.165) is 5.39 Å². The third-order valence-corrected chi connectivity index (χ3v) is 2.19. The van der Waals surface area contributed by atoms with Crippen molar-refractivity contribution in [3.8, 4) is 0 Å². The van der Waals surface area contributed by atoms with E-state index >= 15 is 0 Å². The molecule has 2 amide bonds. The molecule has 0 atom stereocenters. The monoisotopic (exact) mass is 223 g/mol. The van der Waals surface area contributed by atoms with Gasteiger partial charge in [-0.15, -0.1) is 0 Å². The molecule has 0 bridgehead atoms. The van der Waals surface area contributed by atoms with Gasteiger partial charge >= 0.3 is 6.03 Å². The quantitative estimate of drug-likeness (QED) is 0.766. The van der Waals surface area contributed by atoms with Gasteiger partial charge in [0.05, 0.1) is 5.39 Å². The first kappa shape index (κ1) is 9.85. The minimum absolute atomic E-state index is 0.318. The van der Waals surface area contributed by atoms with Gasteiger partial charge in [0.1, 0.15) is 0 Å². The van der Waals surface area contributed by atoms with E-state index in [9.17, 15) is 4.79 Å². The lowest BCUT2D eigenvalue weighted by Crippen LogP contribution is -2.22. The van der Waals surface area contributed by atoms with Gasteiger partial charge in [-0.3, -0.25) is 10.0 Å². The zero-order valence-electron chi connectivity index (χ0n) is 7.98. The van der Waals surface area contributed by atoms with Gasteiger partial charge in [-0.2, -0.15) is 0 Å². The van der Waals surface area contributed by atoms with E-state index in [0.29, 0.717) is 11.4 Å². The van der Waals surface area contributed by atoms with E-state index in [1.807, 2.05) is 18.2 Å². The first-order valence-electron chi connectivity index (χ1n) is 4.25. The molecule has 0 saturated heterocycles. The molecule has 6 heteroatoms. The Kier molecular flexibility index (Phi) is 2.77. The van der Waals surface area contributed by atoms with E-state index in [1.165, 1.54) is 11.9 Å². The Hall–Kier alpha value is -1.69. The number of fused-ring (bicyclic) bond motifs is 1. The molecule has 1 aromatic heterocycles. The van der Waals surface area contributed by atoms with Crippen LogP contribution in [-0.2, 0) is 0 Å². The zero-order valence-corrected chi connectivity index (χ0v) is 8.80. The molecule has 0 aliphatic carbocycles. The summed E-state index contributed by atoms with van der Waals surface area (Å²) in [5, 5.41) is 7.14. The van der Waals surface area contributed by atoms with E-state index in [2.05, 4.69) is 15.2 Å². The topological polar surface area (TPSA) is 67.2 Å². The summed E-state index contributed by atoms with van der Waals surface area (Å²) >= 11 is 1.22. The van der Waals surface area contributed by atoms with E-state index in [1.54, 1.807) is 12.3 Å². The number of benzene rings is 1. The average Bonchev–Trinajstić information content (AvgIpc) is 2.62. The van der Waals surface area contributed by atoms with Crippen molar-refractivity contribution in [3.05, 3.63) is 24.3 Å². The SMILES string of the molecule is CSNC(=O)Nc1noc2ccccc12. The Labute approximate surface area is 90.3 Å². The maximum absolute atomic E-state index is 11.2. The summed E-state index contributed by atoms with van der Waals surface area (Å²) in [7, 11) is 0. The molecule has 0 fully saturated rings. The van der Waals surface area contributed by atoms with Crippen LogP contribution in [0.25, 0.3) is 11.0 Å². The number of hydrogen-bond acceptors (Lipinski definition) is 4. The van der Waals surface area contributed by atoms with Crippen LogP contribution in [0, 0.1) is 0 Å². The third-order valence-electron chi connectivity index (χ3n) is 1.80. The van der Waals surface area contributed by atoms with Crippen LogP contribution in [0.5, 0.6) is 0 Å². The minimum Gasteiger partial charge on any atom is -0.354 e. The number of nitrogens with one attached hydrogen (secondary N) is 2. The fraction of sp³-hybridized carbons (Fsp3) is 0.111. The number of anilines is 1. The number of rotatable bonds is 2. The van der Waals surface area contributed by atoms with Crippen LogP contribution < -0.4 is 10.0 Å². The van der Waals surface area contributed by atoms with Gasteiger partial charge in [-0.1, -0.05) is 29.2 Å². The van der Waals surface area contributed by atoms with Gasteiger partial charge in [0.15, 0.2) is 11.4 Å². The highest BCUT2D eigenvalue weighted by atomic mass is 32.2. The number of urea groups is 1. The second-order valence-corrected chi connectivity index (χ2v) is 3.40. The molecule has 2 N–H and O–H groups in total. The molecule has 0 unspecified atom stereocenters. The molecule has 0 saturated carbocycles. The number of hydrogen-bond donors (Lipinski definition) is 2. The van der Waals surface area contributed by atoms with Crippen molar-refractivity contribution in [3.63, 3.8) is 0 Å². The first-order chi connectivity index (χ1) is 7.31. The lowest BCUT2D eigenvalue weighted by Gasteiger charge is -2.00. The zero-order chi connectivity index (χ0) is 10.7. The number of nitrogens with zero attached hydrogens (tertiary/aromatic N) is 1. The molecule has 0 spiro atoms. The summed E-state index contributed by atoms with van der Waals surface area (Å²) in [4.78, 5) is 11.2. The Morgan fingerprint density at radius 1 is 1.47 bits per heavy atom. The molecule has 1 heterocycles. The number of aromatic nitrogens is 1. The Bertz CT molecular complexity index is 483. The summed E-state index contributed by atoms with van der Waals surface area (Å²) in [5.74, 6) is 0.428. The molecule has 0 aliphatic heterocycles. The predicted octanol–water partition coefficient (Wildman–Crippen LogP) is 2.23. The van der Waals surface area contributed by atoms with E-state index in [-0.39, 0.29) is 6.03 Å². The van der Waals surface area contributed by atoms with Crippen LogP contribution in [0.15, 0.2) is 28.8 Å². The van der Waals surface area contributed by atoms with E-state index in [4.69, 9.17) is 4.52 Å². The van der Waals surface area contributed by atoms with Crippen molar-refractivity contribution in [2.24, 2.45) is 0 Å². The molecular formula is C9H9N3O2S. The first-order valence-corrected chi connectivity index (χ1v) is 5.48. The summed E-state index contributed by atoms with van der Waals surface area (Å²) in [6.07, 6.45) is 1.76. The molecule has 2 rings (SSSR count). The molecule has 0 aliphatic rings. The summed E-state index contributed by atoms with van der Waals surface area (Å²) in [6, 6.07) is 7.01. The molecule has 0 radical (unpaired) electrons. The highest BCUT2D eigenvalue weighted by molar-refractivity contribution is 7.97. The Morgan fingerprint density at radius 3 is 3.07 bits per heavy atom. The Balaban J connectivity index is 2.25. The van der Waals surface area contributed by atoms with Gasteiger partial charge < -0.3 is 4.52 Å². The van der Waals surface area contributed by atoms with Gasteiger partial charge in [0.2, 0.25) is 0 Å². The van der Waals surface area contributed by atoms with Crippen molar-refractivity contribution < 1.29 is 9.32 Å². The van der Waals surface area contributed by atoms with E-state index < -0.39 is 0 Å². The van der Waals surface area contributed by atoms with Crippen LogP contribution in [0.2, 0.25) is 0 Å². The predicted molar refractivity (Wildman–Crippen MR) is 59.7 cm³/mol. The standard InChI is InChI=1S/C9H9N3O2S/c1-15-12-9(13)10-8-6-4-2-3-5-7(6)14-11-8/h2-5H,1H3,(H2,10,11,12,13). The number of para-hydroxylation sites is 1. The van der Waals surface area contributed by atoms with Crippen LogP contribution in [0.1, 0.15) is 0 Å². The third kappa shape index (κ3) is 2.04. The van der Waals surface area contributed by atoms with Crippen molar-refractivity contribution >= 4 is 34.8 Å². The smallest absolute Gasteiger partial charge is 0.330 e. The fourth-order valence-electron chi connectivity index (χ4n) is 1.20. The summed E-state index contributed by atoms with van der Waals surface area (Å²) in [6.45, 7) is 0. The van der Waals surface area contributed by atoms with Gasteiger partial charge in [-0.25, -0.2) is 4.79 Å². The van der Waals surface area contributed by atoms with Gasteiger partial charge in [-0.05, 0) is 12.1 Å². The lowest BCUT2D eigenvalue weighted by molar-refractivity contribution is 0.257. The van der Waals surface area contributed by atoms with Gasteiger partial charge in [0.25, 0.3) is 0 Å². The maximum atomic E-state index is 11.2. The highest BCUT2D eigenvalue weighted by Gasteiger charge is 2.09. The normalized spacial score (nSPS) is 10.2. The fourth-order valence-corrected chi connectivity index (χ4v) is 1.44. The maximum Gasteiger partial charge on any atom is 0.330 e. The van der Waals surface area contributed by atoms with Crippen molar-refractivity contribution in [1.29, 1.82) is 0 Å². The summed E-state index contributed by atoms with van der Waals surface area (Å²) < 4.78 is 7.56. The molecule has 15 heavy (non-hydrogen) atoms. The average molecular weight is 223 g/mol. The number of amides is 2. The lowest BCUT2D eigenvalue weighted by atomic mass is 10.2. The summed E-state index contributed by atoms with van der Waals surface area (Å²) in [5.41, 5.74) is 0.650. The Morgan fingerprint density at radius 2 is 2.27 bits per heavy atom. The van der Waals surface area contributed by atoms with Crippen molar-refractivity contribution in [2.45, 2.75) is 0 Å². The largest absolute Gasteiger partial charge is 0.354 e. The molecule has 5 nitrogen and oxygen atoms in total. The van der Waals surface area contributed by atoms with Crippen LogP contribution in [0.4, 0.5) is 10.6 Å². The minimum atomic E-state index is -0.318. The van der Waals surface area contributed by atoms with Crippen LogP contribution in [0.3, 0.4) is 0 Å². The molecular weight excluding hydrogens is 214 g/mol. The number of carbonyl (C=O) groups excluding carboxylic acids is 1. The highest BCUT2D eigenvalue weighted by Crippen LogP contribution is 2.21. The van der Waals surface area contributed by atoms with Gasteiger partial charge in [0, 0.05) is 6.26 Å². The number of carbonyl (C=O) groups is 1. The van der Waals surface area contributed by atoms with Crippen LogP contribution in [-0.4, -0.2) is 17.4 Å². The van der Waals surface area contributed by atoms with Crippen molar-refractivity contribution in [1.82, 2.24) is 9.88 Å². The second kappa shape index (κ2) is 4.22. The molecule has 1 aromatic carbocycles. The second-order valence-electron chi connectivity index (χ2n) is 2.79. The van der Waals surface area contributed by atoms with Crippen LogP contribution >= 0.6 is 11.9 Å². The molecule has 78 valence electrons. The molecule has 2 aromatic rings. The van der Waals surface area contributed by atoms with Crippen molar-refractivity contribution in [2.75, 3.05) is 11.6 Å².